The summed E-state index contributed by atoms with van der Waals surface area (Å²) in [6.07, 6.45) is 2.20. The van der Waals surface area contributed by atoms with Crippen molar-refractivity contribution in [3.63, 3.8) is 0 Å². The molecule has 0 aliphatic carbocycles. The van der Waals surface area contributed by atoms with Crippen LogP contribution in [-0.2, 0) is 16.6 Å². The molecule has 4 rings (SSSR count). The van der Waals surface area contributed by atoms with Gasteiger partial charge in [-0.1, -0.05) is 6.07 Å². The van der Waals surface area contributed by atoms with E-state index in [4.69, 9.17) is 0 Å². The van der Waals surface area contributed by atoms with Crippen LogP contribution in [0.2, 0.25) is 0 Å². The normalized spacial score (nSPS) is 20.5. The van der Waals surface area contributed by atoms with Crippen LogP contribution in [0.15, 0.2) is 30.5 Å². The number of hydrogen-bond acceptors (Lipinski definition) is 3. The van der Waals surface area contributed by atoms with Gasteiger partial charge in [-0.3, -0.25) is 14.4 Å². The molecule has 26 heavy (non-hydrogen) atoms. The first-order chi connectivity index (χ1) is 12.5. The average Bonchev–Trinajstić information content (AvgIpc) is 3.16. The number of nitrogens with one attached hydrogen (secondary N) is 1. The molecule has 7 nitrogen and oxygen atoms in total. The maximum atomic E-state index is 12.9. The highest BCUT2D eigenvalue weighted by atomic mass is 16.2. The van der Waals surface area contributed by atoms with E-state index < -0.39 is 0 Å². The Hall–Kier alpha value is -2.83. The Morgan fingerprint density at radius 2 is 1.92 bits per heavy atom. The zero-order valence-electron chi connectivity index (χ0n) is 14.9. The van der Waals surface area contributed by atoms with E-state index in [2.05, 4.69) is 5.32 Å². The number of amides is 3. The molecule has 3 heterocycles. The SMILES string of the molecule is CNC(=O)C1CC(=O)N(C2CN(C(=O)c3cccc4c3ccn4C)C2)C1. The number of benzene rings is 1. The summed E-state index contributed by atoms with van der Waals surface area (Å²) in [4.78, 5) is 40.4. The van der Waals surface area contributed by atoms with Gasteiger partial charge in [0, 0.05) is 62.8 Å². The molecular weight excluding hydrogens is 332 g/mol. The van der Waals surface area contributed by atoms with Crippen LogP contribution in [0.1, 0.15) is 16.8 Å². The second-order valence-corrected chi connectivity index (χ2v) is 7.09. The van der Waals surface area contributed by atoms with Crippen molar-refractivity contribution in [3.8, 4) is 0 Å². The van der Waals surface area contributed by atoms with Gasteiger partial charge in [0.1, 0.15) is 0 Å². The molecule has 1 atom stereocenters. The molecular formula is C19H22N4O3. The second-order valence-electron chi connectivity index (χ2n) is 7.09. The summed E-state index contributed by atoms with van der Waals surface area (Å²) in [6, 6.07) is 7.70. The van der Waals surface area contributed by atoms with Gasteiger partial charge >= 0.3 is 0 Å². The van der Waals surface area contributed by atoms with Gasteiger partial charge in [0.25, 0.3) is 5.91 Å². The molecule has 2 saturated heterocycles. The van der Waals surface area contributed by atoms with Crippen LogP contribution in [0.4, 0.5) is 0 Å². The number of carbonyl (C=O) groups is 3. The summed E-state index contributed by atoms with van der Waals surface area (Å²) in [5.41, 5.74) is 1.72. The Morgan fingerprint density at radius 1 is 1.15 bits per heavy atom. The smallest absolute Gasteiger partial charge is 0.254 e. The molecule has 2 aliphatic rings. The lowest BCUT2D eigenvalue weighted by Crippen LogP contribution is -2.61. The van der Waals surface area contributed by atoms with Crippen molar-refractivity contribution in [2.75, 3.05) is 26.7 Å². The highest BCUT2D eigenvalue weighted by Gasteiger charge is 2.43. The average molecular weight is 354 g/mol. The number of aromatic nitrogens is 1. The molecule has 136 valence electrons. The maximum absolute atomic E-state index is 12.9. The van der Waals surface area contributed by atoms with Crippen LogP contribution in [0.3, 0.4) is 0 Å². The van der Waals surface area contributed by atoms with E-state index in [0.717, 1.165) is 10.9 Å². The number of aryl methyl sites for hydroxylation is 1. The predicted octanol–water partition coefficient (Wildman–Crippen LogP) is 0.597. The summed E-state index contributed by atoms with van der Waals surface area (Å²) >= 11 is 0. The van der Waals surface area contributed by atoms with Gasteiger partial charge in [-0.15, -0.1) is 0 Å². The highest BCUT2D eigenvalue weighted by Crippen LogP contribution is 2.28. The van der Waals surface area contributed by atoms with Gasteiger partial charge in [-0.2, -0.15) is 0 Å². The van der Waals surface area contributed by atoms with Crippen molar-refractivity contribution >= 4 is 28.6 Å². The third-order valence-corrected chi connectivity index (χ3v) is 5.52. The zero-order chi connectivity index (χ0) is 18.4. The predicted molar refractivity (Wildman–Crippen MR) is 96.5 cm³/mol. The first-order valence-electron chi connectivity index (χ1n) is 8.84. The minimum absolute atomic E-state index is 0.000796. The van der Waals surface area contributed by atoms with Crippen molar-refractivity contribution in [3.05, 3.63) is 36.0 Å². The number of carbonyl (C=O) groups excluding carboxylic acids is 3. The van der Waals surface area contributed by atoms with Crippen LogP contribution in [0, 0.1) is 5.92 Å². The molecule has 2 aromatic rings. The Labute approximate surface area is 151 Å². The largest absolute Gasteiger partial charge is 0.359 e. The lowest BCUT2D eigenvalue weighted by Gasteiger charge is -2.44. The lowest BCUT2D eigenvalue weighted by atomic mass is 10.0. The van der Waals surface area contributed by atoms with Crippen LogP contribution in [0.25, 0.3) is 10.9 Å². The van der Waals surface area contributed by atoms with Crippen molar-refractivity contribution < 1.29 is 14.4 Å². The summed E-state index contributed by atoms with van der Waals surface area (Å²) in [5, 5.41) is 3.55. The summed E-state index contributed by atoms with van der Waals surface area (Å²) in [5.74, 6) is -0.382. The van der Waals surface area contributed by atoms with E-state index in [1.807, 2.05) is 42.1 Å². The minimum atomic E-state index is -0.282. The Bertz CT molecular complexity index is 897. The van der Waals surface area contributed by atoms with Crippen LogP contribution in [-0.4, -0.2) is 64.8 Å². The number of nitrogens with zero attached hydrogens (tertiary/aromatic N) is 3. The maximum Gasteiger partial charge on any atom is 0.254 e. The van der Waals surface area contributed by atoms with E-state index in [1.165, 1.54) is 0 Å². The zero-order valence-corrected chi connectivity index (χ0v) is 14.9. The number of rotatable bonds is 3. The fourth-order valence-electron chi connectivity index (χ4n) is 3.94. The van der Waals surface area contributed by atoms with Crippen LogP contribution in [0.5, 0.6) is 0 Å². The third kappa shape index (κ3) is 2.55. The summed E-state index contributed by atoms with van der Waals surface area (Å²) in [7, 11) is 3.54. The van der Waals surface area contributed by atoms with Crippen molar-refractivity contribution in [2.45, 2.75) is 12.5 Å². The molecule has 2 aliphatic heterocycles. The van der Waals surface area contributed by atoms with E-state index in [1.54, 1.807) is 16.8 Å². The van der Waals surface area contributed by atoms with E-state index >= 15 is 0 Å². The molecule has 0 saturated carbocycles. The quantitative estimate of drug-likeness (QED) is 0.877. The molecule has 2 fully saturated rings. The number of fused-ring (bicyclic) bond motifs is 1. The monoisotopic (exact) mass is 354 g/mol. The summed E-state index contributed by atoms with van der Waals surface area (Å²) < 4.78 is 1.99. The molecule has 0 spiro atoms. The van der Waals surface area contributed by atoms with Gasteiger partial charge in [0.2, 0.25) is 11.8 Å². The van der Waals surface area contributed by atoms with Crippen molar-refractivity contribution in [1.82, 2.24) is 19.7 Å². The Balaban J connectivity index is 1.44. The highest BCUT2D eigenvalue weighted by molar-refractivity contribution is 6.07. The molecule has 7 heteroatoms. The lowest BCUT2D eigenvalue weighted by molar-refractivity contribution is -0.132. The molecule has 3 amide bonds. The summed E-state index contributed by atoms with van der Waals surface area (Å²) in [6.45, 7) is 1.49. The van der Waals surface area contributed by atoms with E-state index in [9.17, 15) is 14.4 Å². The standard InChI is InChI=1S/C19H22N4O3/c1-20-18(25)12-8-17(24)23(9-12)13-10-22(11-13)19(26)15-4-3-5-16-14(15)6-7-21(16)2/h3-7,12-13H,8-11H2,1-2H3,(H,20,25). The first kappa shape index (κ1) is 16.6. The Morgan fingerprint density at radius 3 is 2.65 bits per heavy atom. The van der Waals surface area contributed by atoms with Gasteiger partial charge < -0.3 is 19.7 Å². The van der Waals surface area contributed by atoms with Crippen molar-refractivity contribution in [1.29, 1.82) is 0 Å². The van der Waals surface area contributed by atoms with Gasteiger partial charge in [-0.25, -0.2) is 0 Å². The van der Waals surface area contributed by atoms with Gasteiger partial charge in [0.05, 0.1) is 12.0 Å². The fraction of sp³-hybridized carbons (Fsp3) is 0.421. The molecule has 1 N–H and O–H groups in total. The van der Waals surface area contributed by atoms with Gasteiger partial charge in [-0.05, 0) is 18.2 Å². The first-order valence-corrected chi connectivity index (χ1v) is 8.84. The third-order valence-electron chi connectivity index (χ3n) is 5.52. The molecule has 0 radical (unpaired) electrons. The Kier molecular flexibility index (Phi) is 3.94. The van der Waals surface area contributed by atoms with E-state index in [0.29, 0.717) is 25.2 Å². The topological polar surface area (TPSA) is 74.7 Å². The molecule has 1 aromatic heterocycles. The molecule has 1 aromatic carbocycles. The van der Waals surface area contributed by atoms with E-state index in [-0.39, 0.29) is 36.1 Å². The van der Waals surface area contributed by atoms with Gasteiger partial charge in [0.15, 0.2) is 0 Å². The second kappa shape index (κ2) is 6.16. The van der Waals surface area contributed by atoms with Crippen molar-refractivity contribution in [2.24, 2.45) is 13.0 Å². The number of likely N-dealkylation sites (tertiary alicyclic amines) is 2. The molecule has 0 bridgehead atoms. The van der Waals surface area contributed by atoms with Crippen LogP contribution < -0.4 is 5.32 Å². The fourth-order valence-corrected chi connectivity index (χ4v) is 3.94. The minimum Gasteiger partial charge on any atom is -0.359 e. The molecule has 1 unspecified atom stereocenters. The van der Waals surface area contributed by atoms with Crippen LogP contribution >= 0.6 is 0 Å². The number of hydrogen-bond donors (Lipinski definition) is 1.